The third-order valence-electron chi connectivity index (χ3n) is 3.00. The largest absolute Gasteiger partial charge is 0.306 e. The molecular formula is C16H10F2N2O. The monoisotopic (exact) mass is 284 g/mol. The molecular weight excluding hydrogens is 274 g/mol. The quantitative estimate of drug-likeness (QED) is 0.784. The number of halogens is 2. The van der Waals surface area contributed by atoms with Gasteiger partial charge in [0.1, 0.15) is 5.82 Å². The van der Waals surface area contributed by atoms with E-state index in [1.165, 1.54) is 12.1 Å². The fourth-order valence-electron chi connectivity index (χ4n) is 1.99. The molecule has 0 aliphatic carbocycles. The van der Waals surface area contributed by atoms with Crippen LogP contribution < -0.4 is 5.56 Å². The van der Waals surface area contributed by atoms with Crippen molar-refractivity contribution >= 4 is 0 Å². The molecule has 3 aromatic rings. The first-order chi connectivity index (χ1) is 10.1. The molecule has 0 saturated heterocycles. The number of nitrogens with one attached hydrogen (secondary N) is 1. The van der Waals surface area contributed by atoms with Crippen molar-refractivity contribution in [2.75, 3.05) is 0 Å². The van der Waals surface area contributed by atoms with Gasteiger partial charge in [-0.1, -0.05) is 30.3 Å². The molecule has 1 heterocycles. The lowest BCUT2D eigenvalue weighted by Crippen LogP contribution is -2.08. The van der Waals surface area contributed by atoms with Gasteiger partial charge in [0.05, 0.1) is 5.69 Å². The normalized spacial score (nSPS) is 10.6. The average Bonchev–Trinajstić information content (AvgIpc) is 2.50. The summed E-state index contributed by atoms with van der Waals surface area (Å²) < 4.78 is 26.3. The number of nitrogens with zero attached hydrogens (tertiary/aromatic N) is 1. The Kier molecular flexibility index (Phi) is 3.31. The van der Waals surface area contributed by atoms with Gasteiger partial charge < -0.3 is 4.98 Å². The topological polar surface area (TPSA) is 45.8 Å². The van der Waals surface area contributed by atoms with Gasteiger partial charge in [-0.2, -0.15) is 0 Å². The predicted octanol–water partition coefficient (Wildman–Crippen LogP) is 3.38. The summed E-state index contributed by atoms with van der Waals surface area (Å²) in [4.78, 5) is 18.6. The van der Waals surface area contributed by atoms with Crippen molar-refractivity contribution in [2.24, 2.45) is 0 Å². The Morgan fingerprint density at radius 2 is 1.62 bits per heavy atom. The molecule has 0 saturated carbocycles. The Labute approximate surface area is 118 Å². The highest BCUT2D eigenvalue weighted by atomic mass is 19.2. The van der Waals surface area contributed by atoms with Crippen molar-refractivity contribution in [3.05, 3.63) is 76.6 Å². The molecule has 2 aromatic carbocycles. The Morgan fingerprint density at radius 1 is 0.857 bits per heavy atom. The van der Waals surface area contributed by atoms with Crippen molar-refractivity contribution in [1.29, 1.82) is 0 Å². The van der Waals surface area contributed by atoms with E-state index in [-0.39, 0.29) is 11.4 Å². The number of aromatic nitrogens is 2. The Bertz CT molecular complexity index is 844. The zero-order valence-electron chi connectivity index (χ0n) is 10.8. The smallest absolute Gasteiger partial charge is 0.251 e. The van der Waals surface area contributed by atoms with Crippen molar-refractivity contribution in [1.82, 2.24) is 9.97 Å². The van der Waals surface area contributed by atoms with E-state index in [0.717, 1.165) is 17.7 Å². The third kappa shape index (κ3) is 2.72. The summed E-state index contributed by atoms with van der Waals surface area (Å²) in [6, 6.07) is 13.9. The van der Waals surface area contributed by atoms with E-state index in [4.69, 9.17) is 0 Å². The number of aromatic amines is 1. The minimum atomic E-state index is -0.986. The lowest BCUT2D eigenvalue weighted by molar-refractivity contribution is 0.509. The molecule has 0 amide bonds. The maximum Gasteiger partial charge on any atom is 0.251 e. The number of benzene rings is 2. The first kappa shape index (κ1) is 13.2. The van der Waals surface area contributed by atoms with E-state index in [9.17, 15) is 13.6 Å². The SMILES string of the molecule is O=c1cc(-c2ccccc2)nc(-c2ccc(F)c(F)c2)[nH]1. The van der Waals surface area contributed by atoms with Crippen LogP contribution in [-0.2, 0) is 0 Å². The fourth-order valence-corrected chi connectivity index (χ4v) is 1.99. The molecule has 0 atom stereocenters. The minimum absolute atomic E-state index is 0.195. The van der Waals surface area contributed by atoms with Gasteiger partial charge in [0.15, 0.2) is 11.6 Å². The van der Waals surface area contributed by atoms with Gasteiger partial charge in [0.25, 0.3) is 5.56 Å². The van der Waals surface area contributed by atoms with Gasteiger partial charge >= 0.3 is 0 Å². The van der Waals surface area contributed by atoms with E-state index in [1.807, 2.05) is 30.3 Å². The standard InChI is InChI=1S/C16H10F2N2O/c17-12-7-6-11(8-13(12)18)16-19-14(9-15(21)20-16)10-4-2-1-3-5-10/h1-9H,(H,19,20,21). The zero-order chi connectivity index (χ0) is 14.8. The highest BCUT2D eigenvalue weighted by molar-refractivity contribution is 5.63. The van der Waals surface area contributed by atoms with Crippen LogP contribution in [0.3, 0.4) is 0 Å². The van der Waals surface area contributed by atoms with E-state index >= 15 is 0 Å². The molecule has 5 heteroatoms. The van der Waals surface area contributed by atoms with E-state index in [0.29, 0.717) is 11.3 Å². The summed E-state index contributed by atoms with van der Waals surface area (Å²) in [7, 11) is 0. The molecule has 21 heavy (non-hydrogen) atoms. The highest BCUT2D eigenvalue weighted by Gasteiger charge is 2.09. The second-order valence-corrected chi connectivity index (χ2v) is 4.47. The highest BCUT2D eigenvalue weighted by Crippen LogP contribution is 2.20. The second-order valence-electron chi connectivity index (χ2n) is 4.47. The third-order valence-corrected chi connectivity index (χ3v) is 3.00. The van der Waals surface area contributed by atoms with Crippen LogP contribution >= 0.6 is 0 Å². The van der Waals surface area contributed by atoms with Gasteiger partial charge in [0, 0.05) is 17.2 Å². The van der Waals surface area contributed by atoms with Crippen molar-refractivity contribution in [2.45, 2.75) is 0 Å². The molecule has 1 N–H and O–H groups in total. The molecule has 0 spiro atoms. The van der Waals surface area contributed by atoms with E-state index in [2.05, 4.69) is 9.97 Å². The molecule has 104 valence electrons. The van der Waals surface area contributed by atoms with Crippen LogP contribution in [0.4, 0.5) is 8.78 Å². The second kappa shape index (κ2) is 5.28. The minimum Gasteiger partial charge on any atom is -0.306 e. The molecule has 0 aliphatic heterocycles. The molecule has 3 rings (SSSR count). The van der Waals surface area contributed by atoms with Gasteiger partial charge in [-0.05, 0) is 18.2 Å². The molecule has 1 aromatic heterocycles. The molecule has 0 bridgehead atoms. The van der Waals surface area contributed by atoms with E-state index in [1.54, 1.807) is 0 Å². The maximum absolute atomic E-state index is 13.3. The van der Waals surface area contributed by atoms with Crippen LogP contribution in [0.5, 0.6) is 0 Å². The summed E-state index contributed by atoms with van der Waals surface area (Å²) in [6.07, 6.45) is 0. The Hall–Kier alpha value is -2.82. The number of hydrogen-bond acceptors (Lipinski definition) is 2. The van der Waals surface area contributed by atoms with Gasteiger partial charge in [-0.15, -0.1) is 0 Å². The van der Waals surface area contributed by atoms with Crippen LogP contribution in [0.25, 0.3) is 22.6 Å². The first-order valence-corrected chi connectivity index (χ1v) is 6.26. The van der Waals surface area contributed by atoms with Crippen LogP contribution in [0.2, 0.25) is 0 Å². The first-order valence-electron chi connectivity index (χ1n) is 6.26. The van der Waals surface area contributed by atoms with Crippen LogP contribution in [0.1, 0.15) is 0 Å². The maximum atomic E-state index is 13.3. The van der Waals surface area contributed by atoms with Crippen molar-refractivity contribution in [3.63, 3.8) is 0 Å². The molecule has 3 nitrogen and oxygen atoms in total. The molecule has 0 unspecified atom stereocenters. The molecule has 0 aliphatic rings. The van der Waals surface area contributed by atoms with E-state index < -0.39 is 11.6 Å². The predicted molar refractivity (Wildman–Crippen MR) is 75.6 cm³/mol. The van der Waals surface area contributed by atoms with Gasteiger partial charge in [-0.25, -0.2) is 13.8 Å². The number of H-pyrrole nitrogens is 1. The van der Waals surface area contributed by atoms with Gasteiger partial charge in [-0.3, -0.25) is 4.79 Å². The summed E-state index contributed by atoms with van der Waals surface area (Å²) in [5, 5.41) is 0. The fraction of sp³-hybridized carbons (Fsp3) is 0. The number of hydrogen-bond donors (Lipinski definition) is 1. The summed E-state index contributed by atoms with van der Waals surface area (Å²) in [6.45, 7) is 0. The lowest BCUT2D eigenvalue weighted by atomic mass is 10.1. The average molecular weight is 284 g/mol. The van der Waals surface area contributed by atoms with Crippen LogP contribution in [0, 0.1) is 11.6 Å². The van der Waals surface area contributed by atoms with Crippen molar-refractivity contribution in [3.8, 4) is 22.6 Å². The zero-order valence-corrected chi connectivity index (χ0v) is 10.8. The summed E-state index contributed by atoms with van der Waals surface area (Å²) in [5.74, 6) is -1.74. The van der Waals surface area contributed by atoms with Gasteiger partial charge in [0.2, 0.25) is 0 Å². The lowest BCUT2D eigenvalue weighted by Gasteiger charge is -2.05. The Morgan fingerprint density at radius 3 is 2.33 bits per heavy atom. The Balaban J connectivity index is 2.14. The van der Waals surface area contributed by atoms with Crippen LogP contribution in [-0.4, -0.2) is 9.97 Å². The molecule has 0 fully saturated rings. The summed E-state index contributed by atoms with van der Waals surface area (Å²) >= 11 is 0. The van der Waals surface area contributed by atoms with Crippen LogP contribution in [0.15, 0.2) is 59.4 Å². The number of rotatable bonds is 2. The van der Waals surface area contributed by atoms with Crippen molar-refractivity contribution < 1.29 is 8.78 Å². The summed E-state index contributed by atoms with van der Waals surface area (Å²) in [5.41, 5.74) is 1.19. The molecule has 0 radical (unpaired) electrons.